The number of aliphatic hydroxyl groups is 2. The molecule has 0 fully saturated rings. The zero-order valence-corrected chi connectivity index (χ0v) is 13.0. The molecule has 0 amide bonds. The van der Waals surface area contributed by atoms with E-state index < -0.39 is 12.5 Å². The van der Waals surface area contributed by atoms with Crippen LogP contribution in [-0.2, 0) is 0 Å². The second-order valence-corrected chi connectivity index (χ2v) is 5.50. The number of hydrogen-bond acceptors (Lipinski definition) is 4. The van der Waals surface area contributed by atoms with Gasteiger partial charge in [-0.05, 0) is 37.1 Å². The van der Waals surface area contributed by atoms with E-state index >= 15 is 0 Å². The summed E-state index contributed by atoms with van der Waals surface area (Å²) in [6, 6.07) is 15.8. The Morgan fingerprint density at radius 3 is 1.18 bits per heavy atom. The van der Waals surface area contributed by atoms with Crippen LogP contribution in [0.15, 0.2) is 48.5 Å². The molecule has 0 saturated heterocycles. The van der Waals surface area contributed by atoms with Crippen molar-refractivity contribution in [2.45, 2.75) is 39.1 Å². The fraction of sp³-hybridized carbons (Fsp3) is 0.333. The molecule has 2 aromatic rings. The molecule has 3 rings (SSSR count). The number of rotatable bonds is 4. The first-order chi connectivity index (χ1) is 10.7. The molecule has 0 bridgehead atoms. The summed E-state index contributed by atoms with van der Waals surface area (Å²) in [5.41, 5.74) is 3.68. The van der Waals surface area contributed by atoms with Crippen molar-refractivity contribution in [3.8, 4) is 0 Å². The Labute approximate surface area is 131 Å². The average molecular weight is 298 g/mol. The van der Waals surface area contributed by atoms with Gasteiger partial charge in [0.1, 0.15) is 12.5 Å². The smallest absolute Gasteiger partial charge is 0.131 e. The van der Waals surface area contributed by atoms with E-state index in [4.69, 9.17) is 0 Å². The summed E-state index contributed by atoms with van der Waals surface area (Å²) in [5.74, 6) is 0. The fourth-order valence-electron chi connectivity index (χ4n) is 3.01. The third-order valence-electron chi connectivity index (χ3n) is 4.13. The van der Waals surface area contributed by atoms with Gasteiger partial charge in [-0.3, -0.25) is 0 Å². The Kier molecular flexibility index (Phi) is 4.05. The van der Waals surface area contributed by atoms with Crippen LogP contribution in [0.25, 0.3) is 0 Å². The molecule has 1 aliphatic rings. The van der Waals surface area contributed by atoms with Crippen LogP contribution in [0.1, 0.15) is 26.7 Å². The molecule has 4 heteroatoms. The maximum Gasteiger partial charge on any atom is 0.131 e. The van der Waals surface area contributed by atoms with Gasteiger partial charge in [-0.2, -0.15) is 0 Å². The number of anilines is 4. The molecule has 2 aromatic carbocycles. The van der Waals surface area contributed by atoms with Crippen molar-refractivity contribution in [1.29, 1.82) is 0 Å². The summed E-state index contributed by atoms with van der Waals surface area (Å²) < 4.78 is 0. The highest BCUT2D eigenvalue weighted by atomic mass is 16.3. The first-order valence-corrected chi connectivity index (χ1v) is 7.81. The van der Waals surface area contributed by atoms with E-state index in [0.717, 1.165) is 22.7 Å². The topological polar surface area (TPSA) is 46.9 Å². The molecular weight excluding hydrogens is 276 g/mol. The molecule has 0 radical (unpaired) electrons. The van der Waals surface area contributed by atoms with Crippen molar-refractivity contribution in [2.24, 2.45) is 0 Å². The van der Waals surface area contributed by atoms with Gasteiger partial charge in [0.05, 0.1) is 22.7 Å². The van der Waals surface area contributed by atoms with E-state index in [1.807, 2.05) is 72.2 Å². The third-order valence-corrected chi connectivity index (χ3v) is 4.13. The number of fused-ring (bicyclic) bond motifs is 2. The van der Waals surface area contributed by atoms with Gasteiger partial charge in [-0.15, -0.1) is 0 Å². The fourth-order valence-corrected chi connectivity index (χ4v) is 3.01. The molecule has 0 saturated carbocycles. The van der Waals surface area contributed by atoms with Crippen molar-refractivity contribution >= 4 is 22.7 Å². The van der Waals surface area contributed by atoms with Crippen LogP contribution in [-0.4, -0.2) is 22.7 Å². The monoisotopic (exact) mass is 298 g/mol. The number of benzene rings is 2. The minimum Gasteiger partial charge on any atom is -0.373 e. The molecular formula is C18H22N2O2. The van der Waals surface area contributed by atoms with Crippen LogP contribution in [0, 0.1) is 0 Å². The van der Waals surface area contributed by atoms with E-state index in [-0.39, 0.29) is 0 Å². The van der Waals surface area contributed by atoms with Gasteiger partial charge in [-0.1, -0.05) is 38.1 Å². The van der Waals surface area contributed by atoms with Crippen molar-refractivity contribution in [3.05, 3.63) is 48.5 Å². The second-order valence-electron chi connectivity index (χ2n) is 5.50. The normalized spacial score (nSPS) is 16.0. The standard InChI is InChI=1S/C18H22N2O2/c1-3-17(21)19-13-9-5-7-11-15(13)20(18(22)4-2)16-12-8-6-10-14(16)19/h5-12,17-18,21-22H,3-4H2,1-2H3. The summed E-state index contributed by atoms with van der Waals surface area (Å²) >= 11 is 0. The lowest BCUT2D eigenvalue weighted by molar-refractivity contribution is 0.169. The van der Waals surface area contributed by atoms with Crippen LogP contribution in [0.5, 0.6) is 0 Å². The predicted molar refractivity (Wildman–Crippen MR) is 89.8 cm³/mol. The molecule has 0 aliphatic carbocycles. The van der Waals surface area contributed by atoms with Gasteiger partial charge < -0.3 is 20.0 Å². The van der Waals surface area contributed by atoms with E-state index in [2.05, 4.69) is 0 Å². The zero-order chi connectivity index (χ0) is 15.7. The van der Waals surface area contributed by atoms with Gasteiger partial charge in [-0.25, -0.2) is 0 Å². The second kappa shape index (κ2) is 5.99. The Morgan fingerprint density at radius 2 is 0.955 bits per heavy atom. The average Bonchev–Trinajstić information content (AvgIpc) is 2.58. The van der Waals surface area contributed by atoms with E-state index in [0.29, 0.717) is 12.8 Å². The molecule has 0 aromatic heterocycles. The van der Waals surface area contributed by atoms with Gasteiger partial charge in [0, 0.05) is 0 Å². The van der Waals surface area contributed by atoms with Gasteiger partial charge in [0.25, 0.3) is 0 Å². The van der Waals surface area contributed by atoms with Crippen LogP contribution in [0.3, 0.4) is 0 Å². The number of nitrogens with zero attached hydrogens (tertiary/aromatic N) is 2. The van der Waals surface area contributed by atoms with Gasteiger partial charge in [0.2, 0.25) is 0 Å². The van der Waals surface area contributed by atoms with E-state index in [9.17, 15) is 10.2 Å². The summed E-state index contributed by atoms with van der Waals surface area (Å²) in [6.07, 6.45) is 0.0595. The maximum atomic E-state index is 10.5. The Balaban J connectivity index is 2.24. The van der Waals surface area contributed by atoms with Crippen LogP contribution in [0.4, 0.5) is 22.7 Å². The lowest BCUT2D eigenvalue weighted by atomic mass is 10.1. The number of hydrogen-bond donors (Lipinski definition) is 2. The van der Waals surface area contributed by atoms with Crippen molar-refractivity contribution in [3.63, 3.8) is 0 Å². The third kappa shape index (κ3) is 2.25. The first kappa shape index (κ1) is 14.9. The Morgan fingerprint density at radius 1 is 0.682 bits per heavy atom. The predicted octanol–water partition coefficient (Wildman–Crippen LogP) is 3.73. The molecule has 2 N–H and O–H groups in total. The van der Waals surface area contributed by atoms with E-state index in [1.54, 1.807) is 0 Å². The lowest BCUT2D eigenvalue weighted by Gasteiger charge is -2.43. The highest BCUT2D eigenvalue weighted by Gasteiger charge is 2.33. The summed E-state index contributed by atoms with van der Waals surface area (Å²) in [6.45, 7) is 3.92. The quantitative estimate of drug-likeness (QED) is 0.903. The molecule has 0 spiro atoms. The summed E-state index contributed by atoms with van der Waals surface area (Å²) in [4.78, 5) is 3.90. The van der Waals surface area contributed by atoms with Crippen LogP contribution < -0.4 is 9.80 Å². The number of aliphatic hydroxyl groups excluding tert-OH is 2. The highest BCUT2D eigenvalue weighted by Crippen LogP contribution is 2.49. The first-order valence-electron chi connectivity index (χ1n) is 7.81. The van der Waals surface area contributed by atoms with Gasteiger partial charge in [0.15, 0.2) is 0 Å². The number of para-hydroxylation sites is 4. The molecule has 22 heavy (non-hydrogen) atoms. The maximum absolute atomic E-state index is 10.5. The van der Waals surface area contributed by atoms with Crippen LogP contribution >= 0.6 is 0 Å². The SMILES string of the molecule is CCC(O)N1c2ccccc2N(C(O)CC)c2ccccc21. The van der Waals surface area contributed by atoms with Gasteiger partial charge >= 0.3 is 0 Å². The van der Waals surface area contributed by atoms with E-state index in [1.165, 1.54) is 0 Å². The molecule has 2 atom stereocenters. The van der Waals surface area contributed by atoms with Crippen molar-refractivity contribution < 1.29 is 10.2 Å². The lowest BCUT2D eigenvalue weighted by Crippen LogP contribution is -2.40. The molecule has 4 nitrogen and oxygen atoms in total. The minimum atomic E-state index is -0.594. The molecule has 1 heterocycles. The molecule has 2 unspecified atom stereocenters. The summed E-state index contributed by atoms with van der Waals surface area (Å²) in [7, 11) is 0. The molecule has 116 valence electrons. The Bertz CT molecular complexity index is 556. The largest absolute Gasteiger partial charge is 0.373 e. The highest BCUT2D eigenvalue weighted by molar-refractivity contribution is 5.93. The molecule has 1 aliphatic heterocycles. The Hall–Kier alpha value is -2.04. The van der Waals surface area contributed by atoms with Crippen molar-refractivity contribution in [2.75, 3.05) is 9.80 Å². The minimum absolute atomic E-state index is 0.594. The van der Waals surface area contributed by atoms with Crippen LogP contribution in [0.2, 0.25) is 0 Å². The summed E-state index contributed by atoms with van der Waals surface area (Å²) in [5, 5.41) is 21.0. The van der Waals surface area contributed by atoms with Crippen molar-refractivity contribution in [1.82, 2.24) is 0 Å². The zero-order valence-electron chi connectivity index (χ0n) is 13.0.